The van der Waals surface area contributed by atoms with Gasteiger partial charge in [0.15, 0.2) is 5.92 Å². The van der Waals surface area contributed by atoms with Gasteiger partial charge in [-0.05, 0) is 25.1 Å². The summed E-state index contributed by atoms with van der Waals surface area (Å²) < 4.78 is 4.83. The van der Waals surface area contributed by atoms with Crippen LogP contribution in [-0.2, 0) is 20.9 Å². The average Bonchev–Trinajstić information content (AvgIpc) is 2.28. The first-order valence-corrected chi connectivity index (χ1v) is 5.23. The summed E-state index contributed by atoms with van der Waals surface area (Å²) in [6, 6.07) is 4.77. The van der Waals surface area contributed by atoms with Gasteiger partial charge in [0.05, 0.1) is 0 Å². The van der Waals surface area contributed by atoms with Crippen LogP contribution in [0.1, 0.15) is 12.5 Å². The number of carboxylic acids is 1. The molecule has 0 bridgehead atoms. The van der Waals surface area contributed by atoms with Crippen LogP contribution in [0.3, 0.4) is 0 Å². The lowest BCUT2D eigenvalue weighted by Crippen LogP contribution is -2.22. The lowest BCUT2D eigenvalue weighted by atomic mass is 10.2. The molecule has 0 aliphatic rings. The van der Waals surface area contributed by atoms with E-state index in [1.807, 2.05) is 0 Å². The Hall–Kier alpha value is -1.75. The van der Waals surface area contributed by atoms with Gasteiger partial charge in [0.25, 0.3) is 0 Å². The van der Waals surface area contributed by atoms with Gasteiger partial charge in [-0.1, -0.05) is 11.6 Å². The largest absolute Gasteiger partial charge is 0.481 e. The molecular formula is C11H12ClNO4. The molecule has 0 amide bonds. The van der Waals surface area contributed by atoms with Crippen molar-refractivity contribution in [1.29, 1.82) is 0 Å². The number of carbonyl (C=O) groups excluding carboxylic acids is 1. The summed E-state index contributed by atoms with van der Waals surface area (Å²) >= 11 is 5.86. The molecule has 92 valence electrons. The number of carboxylic acid groups (broad SMARTS) is 1. The molecule has 1 aromatic rings. The topological polar surface area (TPSA) is 89.6 Å². The SMILES string of the molecule is CC(C(=O)O)C(=O)OCc1cc(N)ccc1Cl. The van der Waals surface area contributed by atoms with Crippen molar-refractivity contribution in [1.82, 2.24) is 0 Å². The Morgan fingerprint density at radius 1 is 1.53 bits per heavy atom. The Bertz CT molecular complexity index is 447. The summed E-state index contributed by atoms with van der Waals surface area (Å²) in [5, 5.41) is 9.01. The van der Waals surface area contributed by atoms with Crippen molar-refractivity contribution in [2.75, 3.05) is 5.73 Å². The molecule has 1 atom stereocenters. The van der Waals surface area contributed by atoms with Crippen LogP contribution < -0.4 is 5.73 Å². The molecule has 0 spiro atoms. The number of ether oxygens (including phenoxy) is 1. The van der Waals surface area contributed by atoms with Gasteiger partial charge in [0.2, 0.25) is 0 Å². The summed E-state index contributed by atoms with van der Waals surface area (Å²) in [6.45, 7) is 1.16. The second-order valence-electron chi connectivity index (χ2n) is 3.52. The predicted octanol–water partition coefficient (Wildman–Crippen LogP) is 1.69. The zero-order valence-electron chi connectivity index (χ0n) is 9.14. The summed E-state index contributed by atoms with van der Waals surface area (Å²) in [6.07, 6.45) is 0. The Labute approximate surface area is 103 Å². The molecule has 0 aromatic heterocycles. The minimum atomic E-state index is -1.23. The Kier molecular flexibility index (Phi) is 4.34. The van der Waals surface area contributed by atoms with Crippen molar-refractivity contribution in [2.45, 2.75) is 13.5 Å². The molecule has 0 heterocycles. The standard InChI is InChI=1S/C11H12ClNO4/c1-6(10(14)15)11(16)17-5-7-4-8(13)2-3-9(7)12/h2-4,6H,5,13H2,1H3,(H,14,15). The number of hydrogen-bond acceptors (Lipinski definition) is 4. The number of nitrogens with two attached hydrogens (primary N) is 1. The lowest BCUT2D eigenvalue weighted by molar-refractivity contribution is -0.158. The number of halogens is 1. The first-order valence-electron chi connectivity index (χ1n) is 4.85. The monoisotopic (exact) mass is 257 g/mol. The molecule has 5 nitrogen and oxygen atoms in total. The molecule has 0 saturated carbocycles. The van der Waals surface area contributed by atoms with Gasteiger partial charge in [-0.2, -0.15) is 0 Å². The van der Waals surface area contributed by atoms with E-state index in [-0.39, 0.29) is 6.61 Å². The lowest BCUT2D eigenvalue weighted by Gasteiger charge is -2.09. The highest BCUT2D eigenvalue weighted by atomic mass is 35.5. The molecule has 0 fully saturated rings. The maximum Gasteiger partial charge on any atom is 0.320 e. The second kappa shape index (κ2) is 5.54. The highest BCUT2D eigenvalue weighted by Gasteiger charge is 2.22. The van der Waals surface area contributed by atoms with Crippen LogP contribution >= 0.6 is 11.6 Å². The number of anilines is 1. The number of rotatable bonds is 4. The molecule has 1 rings (SSSR count). The first-order chi connectivity index (χ1) is 7.91. The third-order valence-electron chi connectivity index (χ3n) is 2.16. The van der Waals surface area contributed by atoms with E-state index < -0.39 is 17.9 Å². The van der Waals surface area contributed by atoms with Crippen LogP contribution in [0.25, 0.3) is 0 Å². The molecule has 0 aliphatic carbocycles. The molecule has 6 heteroatoms. The van der Waals surface area contributed by atoms with Gasteiger partial charge in [-0.3, -0.25) is 9.59 Å². The number of aliphatic carboxylic acids is 1. The number of esters is 1. The number of carbonyl (C=O) groups is 2. The van der Waals surface area contributed by atoms with Crippen LogP contribution in [0.5, 0.6) is 0 Å². The Morgan fingerprint density at radius 2 is 2.18 bits per heavy atom. The van der Waals surface area contributed by atoms with Crippen LogP contribution in [0.2, 0.25) is 5.02 Å². The van der Waals surface area contributed by atoms with Crippen molar-refractivity contribution < 1.29 is 19.4 Å². The molecule has 1 unspecified atom stereocenters. The second-order valence-corrected chi connectivity index (χ2v) is 3.93. The quantitative estimate of drug-likeness (QED) is 0.487. The van der Waals surface area contributed by atoms with Gasteiger partial charge in [0, 0.05) is 16.3 Å². The van der Waals surface area contributed by atoms with Crippen molar-refractivity contribution >= 4 is 29.2 Å². The van der Waals surface area contributed by atoms with Crippen LogP contribution in [-0.4, -0.2) is 17.0 Å². The predicted molar refractivity (Wildman–Crippen MR) is 62.5 cm³/mol. The Morgan fingerprint density at radius 3 is 2.76 bits per heavy atom. The van der Waals surface area contributed by atoms with Gasteiger partial charge >= 0.3 is 11.9 Å². The fourth-order valence-electron chi connectivity index (χ4n) is 1.08. The van der Waals surface area contributed by atoms with Crippen molar-refractivity contribution in [3.63, 3.8) is 0 Å². The van der Waals surface area contributed by atoms with E-state index in [9.17, 15) is 9.59 Å². The minimum Gasteiger partial charge on any atom is -0.481 e. The molecule has 0 aliphatic heterocycles. The zero-order chi connectivity index (χ0) is 13.0. The van der Waals surface area contributed by atoms with Crippen LogP contribution in [0, 0.1) is 5.92 Å². The molecule has 1 aromatic carbocycles. The maximum atomic E-state index is 11.3. The van der Waals surface area contributed by atoms with Crippen molar-refractivity contribution in [2.24, 2.45) is 5.92 Å². The van der Waals surface area contributed by atoms with E-state index in [0.29, 0.717) is 16.3 Å². The van der Waals surface area contributed by atoms with E-state index in [2.05, 4.69) is 0 Å². The smallest absolute Gasteiger partial charge is 0.320 e. The normalized spacial score (nSPS) is 11.9. The van der Waals surface area contributed by atoms with Gasteiger partial charge in [-0.15, -0.1) is 0 Å². The van der Waals surface area contributed by atoms with E-state index in [0.717, 1.165) is 0 Å². The van der Waals surface area contributed by atoms with Crippen molar-refractivity contribution in [3.8, 4) is 0 Å². The van der Waals surface area contributed by atoms with Crippen LogP contribution in [0.15, 0.2) is 18.2 Å². The highest BCUT2D eigenvalue weighted by Crippen LogP contribution is 2.20. The molecular weight excluding hydrogens is 246 g/mol. The molecule has 3 N–H and O–H groups in total. The summed E-state index contributed by atoms with van der Waals surface area (Å²) in [5.41, 5.74) is 6.58. The summed E-state index contributed by atoms with van der Waals surface area (Å²) in [5.74, 6) is -3.24. The fraction of sp³-hybridized carbons (Fsp3) is 0.273. The van der Waals surface area contributed by atoms with E-state index in [1.165, 1.54) is 6.92 Å². The highest BCUT2D eigenvalue weighted by molar-refractivity contribution is 6.31. The summed E-state index contributed by atoms with van der Waals surface area (Å²) in [7, 11) is 0. The average molecular weight is 258 g/mol. The number of nitrogen functional groups attached to an aromatic ring is 1. The molecule has 0 radical (unpaired) electrons. The Balaban J connectivity index is 2.64. The third kappa shape index (κ3) is 3.64. The zero-order valence-corrected chi connectivity index (χ0v) is 9.90. The molecule has 0 saturated heterocycles. The maximum absolute atomic E-state index is 11.3. The third-order valence-corrected chi connectivity index (χ3v) is 2.53. The van der Waals surface area contributed by atoms with Crippen molar-refractivity contribution in [3.05, 3.63) is 28.8 Å². The van der Waals surface area contributed by atoms with E-state index in [4.69, 9.17) is 27.2 Å². The fourth-order valence-corrected chi connectivity index (χ4v) is 1.25. The van der Waals surface area contributed by atoms with E-state index in [1.54, 1.807) is 18.2 Å². The summed E-state index contributed by atoms with van der Waals surface area (Å²) in [4.78, 5) is 21.8. The van der Waals surface area contributed by atoms with Gasteiger partial charge < -0.3 is 15.6 Å². The molecule has 17 heavy (non-hydrogen) atoms. The number of benzene rings is 1. The minimum absolute atomic E-state index is 0.0969. The van der Waals surface area contributed by atoms with E-state index >= 15 is 0 Å². The van der Waals surface area contributed by atoms with Gasteiger partial charge in [0.1, 0.15) is 6.61 Å². The number of hydrogen-bond donors (Lipinski definition) is 2. The van der Waals surface area contributed by atoms with Crippen LogP contribution in [0.4, 0.5) is 5.69 Å². The van der Waals surface area contributed by atoms with Gasteiger partial charge in [-0.25, -0.2) is 0 Å². The first kappa shape index (κ1) is 13.3.